The summed E-state index contributed by atoms with van der Waals surface area (Å²) in [5.74, 6) is -5.31. The van der Waals surface area contributed by atoms with E-state index >= 15 is 0 Å². The number of amides is 2. The number of carboxylic acid groups (broad SMARTS) is 2. The van der Waals surface area contributed by atoms with Crippen molar-refractivity contribution in [2.75, 3.05) is 6.54 Å². The molecule has 0 aromatic rings. The van der Waals surface area contributed by atoms with E-state index in [0.717, 1.165) is 0 Å². The minimum atomic E-state index is -2.43. The number of nitrogens with one attached hydrogen (secondary N) is 2. The quantitative estimate of drug-likeness (QED) is 0.308. The molecule has 6 N–H and O–H groups in total. The van der Waals surface area contributed by atoms with E-state index in [1.165, 1.54) is 0 Å². The number of rotatable bonds is 8. The largest absolute Gasteiger partial charge is 0.481 e. The number of aliphatic carboxylic acids is 2. The van der Waals surface area contributed by atoms with Crippen molar-refractivity contribution < 1.29 is 34.2 Å². The average Bonchev–Trinajstić information content (AvgIpc) is 2.88. The Kier molecular flexibility index (Phi) is 5.57. The molecule has 2 atom stereocenters. The first-order valence-electron chi connectivity index (χ1n) is 6.53. The molecule has 22 heavy (non-hydrogen) atoms. The van der Waals surface area contributed by atoms with E-state index in [-0.39, 0.29) is 12.8 Å². The first-order valence-corrected chi connectivity index (χ1v) is 6.53. The molecule has 1 saturated heterocycles. The Bertz CT molecular complexity index is 519. The van der Waals surface area contributed by atoms with E-state index < -0.39 is 60.5 Å². The lowest BCUT2D eigenvalue weighted by Crippen LogP contribution is -2.65. The van der Waals surface area contributed by atoms with Gasteiger partial charge < -0.3 is 26.6 Å². The van der Waals surface area contributed by atoms with Crippen LogP contribution >= 0.6 is 0 Å². The van der Waals surface area contributed by atoms with Crippen molar-refractivity contribution in [1.82, 2.24) is 10.6 Å². The number of ketones is 1. The number of hydrogen-bond donors (Lipinski definition) is 5. The molecule has 10 heteroatoms. The third kappa shape index (κ3) is 3.79. The Labute approximate surface area is 125 Å². The van der Waals surface area contributed by atoms with Crippen LogP contribution in [0.25, 0.3) is 0 Å². The second-order valence-corrected chi connectivity index (χ2v) is 4.88. The van der Waals surface area contributed by atoms with Crippen LogP contribution in [0.5, 0.6) is 0 Å². The summed E-state index contributed by atoms with van der Waals surface area (Å²) >= 11 is 0. The number of Topliss-reactive ketones (excluding diaryl/α,β-unsaturated/α-hetero) is 1. The highest BCUT2D eigenvalue weighted by atomic mass is 16.4. The zero-order valence-electron chi connectivity index (χ0n) is 11.6. The number of hydrogen-bond acceptors (Lipinski definition) is 6. The van der Waals surface area contributed by atoms with Crippen molar-refractivity contribution in [1.29, 1.82) is 0 Å². The van der Waals surface area contributed by atoms with Gasteiger partial charge in [0.25, 0.3) is 0 Å². The van der Waals surface area contributed by atoms with Crippen molar-refractivity contribution in [2.45, 2.75) is 37.3 Å². The van der Waals surface area contributed by atoms with Gasteiger partial charge in [-0.05, 0) is 12.8 Å². The van der Waals surface area contributed by atoms with Crippen LogP contribution in [-0.2, 0) is 24.0 Å². The molecule has 2 amide bonds. The topological polar surface area (TPSA) is 176 Å². The molecular weight excluding hydrogens is 298 g/mol. The molecule has 1 heterocycles. The zero-order valence-corrected chi connectivity index (χ0v) is 11.6. The molecule has 122 valence electrons. The van der Waals surface area contributed by atoms with E-state index in [9.17, 15) is 29.1 Å². The van der Waals surface area contributed by atoms with Crippen molar-refractivity contribution in [2.24, 2.45) is 5.73 Å². The molecule has 1 fully saturated rings. The monoisotopic (exact) mass is 315 g/mol. The molecule has 0 radical (unpaired) electrons. The SMILES string of the molecule is NCC(=O)N[C@@](CCC(=O)O)(C(=O)O)C(=O)[C@@H]1CCC(=O)N1. The fraction of sp³-hybridized carbons (Fsp3) is 0.583. The van der Waals surface area contributed by atoms with Crippen molar-refractivity contribution >= 4 is 29.5 Å². The first kappa shape index (κ1) is 17.6. The van der Waals surface area contributed by atoms with Crippen molar-refractivity contribution in [3.05, 3.63) is 0 Å². The summed E-state index contributed by atoms with van der Waals surface area (Å²) in [6.07, 6.45) is -1.16. The Hall–Kier alpha value is -2.49. The molecule has 0 spiro atoms. The van der Waals surface area contributed by atoms with Crippen LogP contribution in [0.2, 0.25) is 0 Å². The van der Waals surface area contributed by atoms with Gasteiger partial charge in [0, 0.05) is 12.8 Å². The van der Waals surface area contributed by atoms with Gasteiger partial charge in [-0.1, -0.05) is 0 Å². The molecule has 0 bridgehead atoms. The fourth-order valence-electron chi connectivity index (χ4n) is 2.20. The molecule has 1 aliphatic heterocycles. The molecule has 0 aliphatic carbocycles. The van der Waals surface area contributed by atoms with E-state index in [1.807, 2.05) is 5.32 Å². The number of nitrogens with two attached hydrogens (primary N) is 1. The summed E-state index contributed by atoms with van der Waals surface area (Å²) in [6.45, 7) is -0.563. The standard InChI is InChI=1S/C12H17N3O7/c13-5-8(17)15-12(11(21)22,4-3-9(18)19)10(20)6-1-2-7(16)14-6/h6H,1-5,13H2,(H,14,16)(H,15,17)(H,18,19)(H,21,22)/t6-,12+/m0/s1. The van der Waals surface area contributed by atoms with Gasteiger partial charge >= 0.3 is 11.9 Å². The number of carbonyl (C=O) groups is 5. The lowest BCUT2D eigenvalue weighted by molar-refractivity contribution is -0.154. The van der Waals surface area contributed by atoms with Gasteiger partial charge in [-0.15, -0.1) is 0 Å². The van der Waals surface area contributed by atoms with Gasteiger partial charge in [0.15, 0.2) is 11.3 Å². The molecule has 1 rings (SSSR count). The molecular formula is C12H17N3O7. The van der Waals surface area contributed by atoms with Crippen LogP contribution in [0, 0.1) is 0 Å². The van der Waals surface area contributed by atoms with Gasteiger partial charge in [-0.25, -0.2) is 4.79 Å². The normalized spacial score (nSPS) is 19.9. The maximum Gasteiger partial charge on any atom is 0.337 e. The van der Waals surface area contributed by atoms with Crippen LogP contribution < -0.4 is 16.4 Å². The molecule has 0 unspecified atom stereocenters. The molecule has 1 aliphatic rings. The van der Waals surface area contributed by atoms with E-state index in [1.54, 1.807) is 0 Å². The summed E-state index contributed by atoms with van der Waals surface area (Å²) in [4.78, 5) is 57.4. The Balaban J connectivity index is 3.12. The lowest BCUT2D eigenvalue weighted by atomic mass is 9.84. The van der Waals surface area contributed by atoms with E-state index in [0.29, 0.717) is 0 Å². The predicted octanol–water partition coefficient (Wildman–Crippen LogP) is -2.40. The fourth-order valence-corrected chi connectivity index (χ4v) is 2.20. The minimum absolute atomic E-state index is 0.0515. The first-order chi connectivity index (χ1) is 10.2. The Morgan fingerprint density at radius 2 is 1.95 bits per heavy atom. The second kappa shape index (κ2) is 6.98. The van der Waals surface area contributed by atoms with Gasteiger partial charge in [0.05, 0.1) is 12.6 Å². The van der Waals surface area contributed by atoms with Crippen LogP contribution in [-0.4, -0.2) is 57.9 Å². The number of carbonyl (C=O) groups excluding carboxylic acids is 3. The van der Waals surface area contributed by atoms with Crippen LogP contribution in [0.4, 0.5) is 0 Å². The van der Waals surface area contributed by atoms with Gasteiger partial charge in [-0.3, -0.25) is 19.2 Å². The zero-order chi connectivity index (χ0) is 16.9. The Morgan fingerprint density at radius 3 is 2.36 bits per heavy atom. The highest BCUT2D eigenvalue weighted by Gasteiger charge is 2.51. The minimum Gasteiger partial charge on any atom is -0.481 e. The van der Waals surface area contributed by atoms with Crippen molar-refractivity contribution in [3.63, 3.8) is 0 Å². The predicted molar refractivity (Wildman–Crippen MR) is 70.6 cm³/mol. The number of carboxylic acids is 2. The van der Waals surface area contributed by atoms with Crippen LogP contribution in [0.15, 0.2) is 0 Å². The Morgan fingerprint density at radius 1 is 1.32 bits per heavy atom. The molecule has 0 aromatic carbocycles. The van der Waals surface area contributed by atoms with Crippen molar-refractivity contribution in [3.8, 4) is 0 Å². The summed E-state index contributed by atoms with van der Waals surface area (Å²) in [7, 11) is 0. The summed E-state index contributed by atoms with van der Waals surface area (Å²) in [5.41, 5.74) is 2.68. The summed E-state index contributed by atoms with van der Waals surface area (Å²) in [6, 6.07) is -1.09. The maximum atomic E-state index is 12.5. The van der Waals surface area contributed by atoms with Gasteiger partial charge in [0.1, 0.15) is 0 Å². The van der Waals surface area contributed by atoms with E-state index in [2.05, 4.69) is 5.32 Å². The van der Waals surface area contributed by atoms with Crippen LogP contribution in [0.1, 0.15) is 25.7 Å². The molecule has 0 aromatic heterocycles. The average molecular weight is 315 g/mol. The highest BCUT2D eigenvalue weighted by molar-refractivity contribution is 6.14. The highest BCUT2D eigenvalue weighted by Crippen LogP contribution is 2.21. The summed E-state index contributed by atoms with van der Waals surface area (Å²) < 4.78 is 0. The van der Waals surface area contributed by atoms with E-state index in [4.69, 9.17) is 10.8 Å². The van der Waals surface area contributed by atoms with Gasteiger partial charge in [0.2, 0.25) is 11.8 Å². The van der Waals surface area contributed by atoms with Crippen LogP contribution in [0.3, 0.4) is 0 Å². The summed E-state index contributed by atoms with van der Waals surface area (Å²) in [5, 5.41) is 22.4. The smallest absolute Gasteiger partial charge is 0.337 e. The third-order valence-corrected chi connectivity index (χ3v) is 3.35. The molecule has 10 nitrogen and oxygen atoms in total. The molecule has 0 saturated carbocycles. The van der Waals surface area contributed by atoms with Gasteiger partial charge in [-0.2, -0.15) is 0 Å². The maximum absolute atomic E-state index is 12.5. The second-order valence-electron chi connectivity index (χ2n) is 4.88. The third-order valence-electron chi connectivity index (χ3n) is 3.35. The lowest BCUT2D eigenvalue weighted by Gasteiger charge is -2.30.